The van der Waals surface area contributed by atoms with Gasteiger partial charge in [0.2, 0.25) is 0 Å². The Morgan fingerprint density at radius 1 is 0.435 bits per heavy atom. The van der Waals surface area contributed by atoms with E-state index in [-0.39, 0.29) is 0 Å². The van der Waals surface area contributed by atoms with E-state index in [2.05, 4.69) is 157 Å². The molecule has 0 saturated heterocycles. The molecule has 0 aliphatic carbocycles. The van der Waals surface area contributed by atoms with Crippen LogP contribution in [0.15, 0.2) is 174 Å². The molecule has 7 aromatic carbocycles. The number of fused-ring (bicyclic) bond motifs is 5. The number of furan rings is 1. The Hall–Kier alpha value is -6.19. The molecule has 0 atom stereocenters. The van der Waals surface area contributed by atoms with Crippen LogP contribution in [0.5, 0.6) is 0 Å². The van der Waals surface area contributed by atoms with E-state index in [1.807, 2.05) is 18.3 Å². The molecule has 216 valence electrons. The summed E-state index contributed by atoms with van der Waals surface area (Å²) in [6, 6.07) is 57.8. The van der Waals surface area contributed by atoms with Crippen molar-refractivity contribution < 1.29 is 4.42 Å². The highest BCUT2D eigenvalue weighted by atomic mass is 16.3. The van der Waals surface area contributed by atoms with Gasteiger partial charge in [0.15, 0.2) is 0 Å². The number of hydrogen-bond acceptors (Lipinski definition) is 3. The van der Waals surface area contributed by atoms with Crippen molar-refractivity contribution in [2.45, 2.75) is 0 Å². The van der Waals surface area contributed by atoms with Gasteiger partial charge in [0, 0.05) is 33.5 Å². The van der Waals surface area contributed by atoms with E-state index >= 15 is 0 Å². The van der Waals surface area contributed by atoms with Crippen molar-refractivity contribution in [2.75, 3.05) is 4.90 Å². The molecule has 9 rings (SSSR count). The Kier molecular flexibility index (Phi) is 6.14. The van der Waals surface area contributed by atoms with Gasteiger partial charge in [-0.2, -0.15) is 0 Å². The molecule has 0 aliphatic rings. The largest absolute Gasteiger partial charge is 0.456 e. The molecule has 3 heteroatoms. The molecule has 9 aromatic rings. The summed E-state index contributed by atoms with van der Waals surface area (Å²) >= 11 is 0. The fourth-order valence-electron chi connectivity index (χ4n) is 6.68. The summed E-state index contributed by atoms with van der Waals surface area (Å²) < 4.78 is 6.17. The zero-order valence-corrected chi connectivity index (χ0v) is 25.0. The molecule has 0 aliphatic heterocycles. The Morgan fingerprint density at radius 2 is 1.13 bits per heavy atom. The van der Waals surface area contributed by atoms with E-state index in [1.54, 1.807) is 0 Å². The first-order chi connectivity index (χ1) is 22.8. The minimum absolute atomic E-state index is 0.851. The first-order valence-corrected chi connectivity index (χ1v) is 15.5. The second kappa shape index (κ2) is 10.8. The van der Waals surface area contributed by atoms with Crippen molar-refractivity contribution in [1.82, 2.24) is 4.98 Å². The van der Waals surface area contributed by atoms with Gasteiger partial charge in [-0.1, -0.05) is 121 Å². The average molecular weight is 589 g/mol. The molecular weight excluding hydrogens is 560 g/mol. The lowest BCUT2D eigenvalue weighted by Crippen LogP contribution is -2.11. The zero-order valence-electron chi connectivity index (χ0n) is 25.0. The van der Waals surface area contributed by atoms with Gasteiger partial charge in [-0.3, -0.25) is 4.98 Å². The van der Waals surface area contributed by atoms with Gasteiger partial charge < -0.3 is 9.32 Å². The quantitative estimate of drug-likeness (QED) is 0.200. The van der Waals surface area contributed by atoms with Crippen LogP contribution in [0, 0.1) is 0 Å². The second-order valence-corrected chi connectivity index (χ2v) is 11.6. The first-order valence-electron chi connectivity index (χ1n) is 15.5. The summed E-state index contributed by atoms with van der Waals surface area (Å²) in [7, 11) is 0. The fourth-order valence-corrected chi connectivity index (χ4v) is 6.68. The summed E-state index contributed by atoms with van der Waals surface area (Å²) in [6.45, 7) is 0. The number of rotatable bonds is 5. The number of aromatic nitrogens is 1. The van der Waals surface area contributed by atoms with Crippen LogP contribution in [-0.2, 0) is 0 Å². The Balaban J connectivity index is 1.26. The number of nitrogens with zero attached hydrogens (tertiary/aromatic N) is 2. The van der Waals surface area contributed by atoms with Crippen molar-refractivity contribution in [3.05, 3.63) is 170 Å². The molecule has 0 bridgehead atoms. The third-order valence-electron chi connectivity index (χ3n) is 8.88. The average Bonchev–Trinajstić information content (AvgIpc) is 3.49. The summed E-state index contributed by atoms with van der Waals surface area (Å²) in [6.07, 6.45) is 1.97. The molecule has 2 heterocycles. The highest BCUT2D eigenvalue weighted by Crippen LogP contribution is 2.43. The van der Waals surface area contributed by atoms with Gasteiger partial charge in [0.05, 0.1) is 23.1 Å². The number of pyridine rings is 1. The van der Waals surface area contributed by atoms with Crippen LogP contribution in [-0.4, -0.2) is 4.98 Å². The molecule has 0 radical (unpaired) electrons. The molecule has 0 spiro atoms. The van der Waals surface area contributed by atoms with E-state index in [0.29, 0.717) is 0 Å². The predicted molar refractivity (Wildman–Crippen MR) is 192 cm³/mol. The van der Waals surface area contributed by atoms with Crippen LogP contribution in [0.25, 0.3) is 65.9 Å². The van der Waals surface area contributed by atoms with Gasteiger partial charge in [-0.15, -0.1) is 0 Å². The lowest BCUT2D eigenvalue weighted by Gasteiger charge is -2.28. The highest BCUT2D eigenvalue weighted by Gasteiger charge is 2.19. The minimum Gasteiger partial charge on any atom is -0.456 e. The van der Waals surface area contributed by atoms with Gasteiger partial charge in [-0.25, -0.2) is 0 Å². The SMILES string of the molecule is c1ccc(-c2ccc(N(c3cnc4cc5oc6ccccc6c5cc4c3)c3ccccc3-c3cccc4ccccc34)cc2)cc1. The lowest BCUT2D eigenvalue weighted by molar-refractivity contribution is 0.669. The normalized spacial score (nSPS) is 11.5. The third-order valence-corrected chi connectivity index (χ3v) is 8.88. The number of anilines is 3. The van der Waals surface area contributed by atoms with E-state index < -0.39 is 0 Å². The molecule has 0 saturated carbocycles. The Labute approximate surface area is 266 Å². The second-order valence-electron chi connectivity index (χ2n) is 11.6. The number of hydrogen-bond donors (Lipinski definition) is 0. The van der Waals surface area contributed by atoms with E-state index in [4.69, 9.17) is 9.40 Å². The number of benzene rings is 7. The van der Waals surface area contributed by atoms with Gasteiger partial charge in [0.25, 0.3) is 0 Å². The van der Waals surface area contributed by atoms with Crippen LogP contribution >= 0.6 is 0 Å². The smallest absolute Gasteiger partial charge is 0.137 e. The summed E-state index contributed by atoms with van der Waals surface area (Å²) in [5, 5.41) is 5.71. The van der Waals surface area contributed by atoms with Gasteiger partial charge in [0.1, 0.15) is 11.2 Å². The van der Waals surface area contributed by atoms with Crippen LogP contribution in [0.1, 0.15) is 0 Å². The maximum Gasteiger partial charge on any atom is 0.137 e. The molecule has 46 heavy (non-hydrogen) atoms. The van der Waals surface area contributed by atoms with Crippen molar-refractivity contribution in [3.63, 3.8) is 0 Å². The fraction of sp³-hybridized carbons (Fsp3) is 0. The van der Waals surface area contributed by atoms with Crippen LogP contribution < -0.4 is 4.90 Å². The van der Waals surface area contributed by atoms with Crippen molar-refractivity contribution in [1.29, 1.82) is 0 Å². The molecule has 0 unspecified atom stereocenters. The maximum atomic E-state index is 6.17. The third kappa shape index (κ3) is 4.41. The van der Waals surface area contributed by atoms with E-state index in [9.17, 15) is 0 Å². The van der Waals surface area contributed by atoms with E-state index in [0.717, 1.165) is 55.5 Å². The summed E-state index contributed by atoms with van der Waals surface area (Å²) in [5.41, 5.74) is 10.5. The van der Waals surface area contributed by atoms with Gasteiger partial charge in [-0.05, 0) is 63.9 Å². The van der Waals surface area contributed by atoms with E-state index in [1.165, 1.54) is 27.5 Å². The predicted octanol–water partition coefficient (Wildman–Crippen LogP) is 12.1. The molecule has 0 amide bonds. The summed E-state index contributed by atoms with van der Waals surface area (Å²) in [5.74, 6) is 0. The maximum absolute atomic E-state index is 6.17. The van der Waals surface area contributed by atoms with Gasteiger partial charge >= 0.3 is 0 Å². The topological polar surface area (TPSA) is 29.3 Å². The standard InChI is InChI=1S/C43H28N2O/c1-2-11-29(12-3-1)30-21-23-33(24-22-30)45(41-19-8-6-16-37(41)36-18-10-14-31-13-4-5-15-35(31)36)34-25-32-26-39-38-17-7-9-20-42(38)46-43(39)27-40(32)44-28-34/h1-28H. The highest BCUT2D eigenvalue weighted by molar-refractivity contribution is 6.10. The Bertz CT molecular complexity index is 2530. The molecule has 0 N–H and O–H groups in total. The lowest BCUT2D eigenvalue weighted by atomic mass is 9.96. The van der Waals surface area contributed by atoms with Crippen LogP contribution in [0.3, 0.4) is 0 Å². The van der Waals surface area contributed by atoms with Crippen LogP contribution in [0.2, 0.25) is 0 Å². The summed E-state index contributed by atoms with van der Waals surface area (Å²) in [4.78, 5) is 7.32. The minimum atomic E-state index is 0.851. The zero-order chi connectivity index (χ0) is 30.5. The molecular formula is C43H28N2O. The first kappa shape index (κ1) is 26.2. The van der Waals surface area contributed by atoms with Crippen molar-refractivity contribution in [2.24, 2.45) is 0 Å². The molecule has 2 aromatic heterocycles. The van der Waals surface area contributed by atoms with Crippen molar-refractivity contribution in [3.8, 4) is 22.3 Å². The monoisotopic (exact) mass is 588 g/mol. The van der Waals surface area contributed by atoms with Crippen molar-refractivity contribution >= 4 is 60.7 Å². The Morgan fingerprint density at radius 3 is 2.02 bits per heavy atom. The number of para-hydroxylation sites is 2. The molecule has 3 nitrogen and oxygen atoms in total. The molecule has 0 fully saturated rings. The van der Waals surface area contributed by atoms with Crippen LogP contribution in [0.4, 0.5) is 17.1 Å².